The number of carbonyl (C=O) groups is 2. The molecule has 0 aromatic carbocycles. The predicted molar refractivity (Wildman–Crippen MR) is 59.3 cm³/mol. The lowest BCUT2D eigenvalue weighted by Crippen LogP contribution is -2.38. The Morgan fingerprint density at radius 3 is 2.62 bits per heavy atom. The summed E-state index contributed by atoms with van der Waals surface area (Å²) in [6.07, 6.45) is 0. The first kappa shape index (κ1) is 12.6. The number of aromatic nitrogens is 1. The highest BCUT2D eigenvalue weighted by molar-refractivity contribution is 7.09. The van der Waals surface area contributed by atoms with Crippen LogP contribution in [0.25, 0.3) is 0 Å². The molecule has 0 saturated heterocycles. The van der Waals surface area contributed by atoms with Crippen molar-refractivity contribution in [3.8, 4) is 0 Å². The molecule has 6 nitrogen and oxygen atoms in total. The zero-order chi connectivity index (χ0) is 12.3. The fourth-order valence-corrected chi connectivity index (χ4v) is 1.69. The van der Waals surface area contributed by atoms with Crippen molar-refractivity contribution in [2.75, 3.05) is 0 Å². The Morgan fingerprint density at radius 2 is 2.19 bits per heavy atom. The summed E-state index contributed by atoms with van der Waals surface area (Å²) in [5, 5.41) is 13.1. The third-order valence-electron chi connectivity index (χ3n) is 1.86. The number of carbonyl (C=O) groups excluding carboxylic acids is 1. The highest BCUT2D eigenvalue weighted by Gasteiger charge is 2.18. The maximum absolute atomic E-state index is 11.5. The van der Waals surface area contributed by atoms with Crippen LogP contribution in [0, 0.1) is 0 Å². The highest BCUT2D eigenvalue weighted by Crippen LogP contribution is 2.15. The van der Waals surface area contributed by atoms with Crippen molar-refractivity contribution in [3.63, 3.8) is 0 Å². The van der Waals surface area contributed by atoms with Crippen molar-refractivity contribution < 1.29 is 14.7 Å². The number of nitrogens with two attached hydrogens (primary N) is 1. The van der Waals surface area contributed by atoms with Gasteiger partial charge in [-0.15, -0.1) is 11.3 Å². The highest BCUT2D eigenvalue weighted by atomic mass is 32.1. The summed E-state index contributed by atoms with van der Waals surface area (Å²) in [6.45, 7) is 3.15. The second-order valence-corrected chi connectivity index (χ2v) is 4.28. The number of hydrogen-bond acceptors (Lipinski definition) is 5. The second kappa shape index (κ2) is 5.04. The van der Waals surface area contributed by atoms with Gasteiger partial charge in [0, 0.05) is 5.38 Å². The summed E-state index contributed by atoms with van der Waals surface area (Å²) < 4.78 is 0. The molecule has 1 amide bonds. The molecule has 16 heavy (non-hydrogen) atoms. The van der Waals surface area contributed by atoms with Gasteiger partial charge in [-0.05, 0) is 13.8 Å². The van der Waals surface area contributed by atoms with E-state index < -0.39 is 17.9 Å². The number of carboxylic acid groups (broad SMARTS) is 1. The summed E-state index contributed by atoms with van der Waals surface area (Å²) >= 11 is 1.28. The Bertz CT molecular complexity index is 402. The minimum Gasteiger partial charge on any atom is -0.480 e. The van der Waals surface area contributed by atoms with E-state index in [1.807, 2.05) is 0 Å². The largest absolute Gasteiger partial charge is 0.480 e. The molecule has 0 aliphatic carbocycles. The number of thiazole rings is 1. The molecule has 0 fully saturated rings. The quantitative estimate of drug-likeness (QED) is 0.708. The number of aliphatic carboxylic acids is 1. The maximum Gasteiger partial charge on any atom is 0.325 e. The molecule has 7 heteroatoms. The van der Waals surface area contributed by atoms with Gasteiger partial charge in [0.05, 0.1) is 6.04 Å². The Balaban J connectivity index is 2.70. The smallest absolute Gasteiger partial charge is 0.325 e. The first-order valence-electron chi connectivity index (χ1n) is 4.66. The third-order valence-corrected chi connectivity index (χ3v) is 2.91. The molecule has 1 heterocycles. The van der Waals surface area contributed by atoms with Gasteiger partial charge in [0.15, 0.2) is 0 Å². The minimum absolute atomic E-state index is 0.199. The van der Waals surface area contributed by atoms with E-state index in [-0.39, 0.29) is 11.7 Å². The normalized spacial score (nSPS) is 14.2. The molecule has 88 valence electrons. The number of hydrogen-bond donors (Lipinski definition) is 3. The lowest BCUT2D eigenvalue weighted by Gasteiger charge is -2.06. The Labute approximate surface area is 96.5 Å². The number of amides is 1. The lowest BCUT2D eigenvalue weighted by molar-refractivity contribution is -0.138. The van der Waals surface area contributed by atoms with Crippen LogP contribution in [-0.4, -0.2) is 28.0 Å². The number of carboxylic acids is 1. The minimum atomic E-state index is -1.09. The average Bonchev–Trinajstić information content (AvgIpc) is 2.65. The van der Waals surface area contributed by atoms with Gasteiger partial charge in [-0.3, -0.25) is 9.59 Å². The first-order chi connectivity index (χ1) is 7.41. The monoisotopic (exact) mass is 243 g/mol. The molecule has 0 aliphatic rings. The summed E-state index contributed by atoms with van der Waals surface area (Å²) in [5.74, 6) is -1.59. The van der Waals surface area contributed by atoms with E-state index in [0.717, 1.165) is 0 Å². The average molecular weight is 243 g/mol. The SMILES string of the molecule is CC(NC(=O)c1csc(C(C)N)n1)C(=O)O. The van der Waals surface area contributed by atoms with Crippen LogP contribution in [0.3, 0.4) is 0 Å². The Morgan fingerprint density at radius 1 is 1.56 bits per heavy atom. The molecule has 4 N–H and O–H groups in total. The molecule has 2 atom stereocenters. The van der Waals surface area contributed by atoms with Crippen molar-refractivity contribution in [2.45, 2.75) is 25.9 Å². The molecule has 2 unspecified atom stereocenters. The van der Waals surface area contributed by atoms with Crippen LogP contribution in [0.5, 0.6) is 0 Å². The second-order valence-electron chi connectivity index (χ2n) is 3.39. The van der Waals surface area contributed by atoms with Crippen LogP contribution >= 0.6 is 11.3 Å². The topological polar surface area (TPSA) is 105 Å². The van der Waals surface area contributed by atoms with E-state index in [0.29, 0.717) is 5.01 Å². The number of rotatable bonds is 4. The van der Waals surface area contributed by atoms with Crippen LogP contribution < -0.4 is 11.1 Å². The molecule has 1 rings (SSSR count). The van der Waals surface area contributed by atoms with Crippen molar-refractivity contribution in [3.05, 3.63) is 16.1 Å². The Hall–Kier alpha value is -1.47. The van der Waals surface area contributed by atoms with Gasteiger partial charge in [-0.2, -0.15) is 0 Å². The van der Waals surface area contributed by atoms with Crippen molar-refractivity contribution in [1.29, 1.82) is 0 Å². The van der Waals surface area contributed by atoms with Crippen LogP contribution in [0.4, 0.5) is 0 Å². The number of nitrogens with one attached hydrogen (secondary N) is 1. The molecule has 0 saturated carbocycles. The van der Waals surface area contributed by atoms with E-state index in [1.54, 1.807) is 12.3 Å². The zero-order valence-corrected chi connectivity index (χ0v) is 9.75. The standard InChI is InChI=1S/C9H13N3O3S/c1-4(10)8-12-6(3-16-8)7(13)11-5(2)9(14)15/h3-5H,10H2,1-2H3,(H,11,13)(H,14,15). The Kier molecular flexibility index (Phi) is 3.97. The predicted octanol–water partition coefficient (Wildman–Crippen LogP) is 0.366. The van der Waals surface area contributed by atoms with E-state index in [1.165, 1.54) is 18.3 Å². The maximum atomic E-state index is 11.5. The molecule has 0 bridgehead atoms. The van der Waals surface area contributed by atoms with Gasteiger partial charge in [-0.25, -0.2) is 4.98 Å². The van der Waals surface area contributed by atoms with Crippen LogP contribution in [0.2, 0.25) is 0 Å². The molecule has 0 spiro atoms. The van der Waals surface area contributed by atoms with Crippen LogP contribution in [0.1, 0.15) is 35.4 Å². The molecular formula is C9H13N3O3S. The van der Waals surface area contributed by atoms with Gasteiger partial charge in [0.2, 0.25) is 0 Å². The van der Waals surface area contributed by atoms with Gasteiger partial charge in [-0.1, -0.05) is 0 Å². The number of nitrogens with zero attached hydrogens (tertiary/aromatic N) is 1. The van der Waals surface area contributed by atoms with E-state index in [2.05, 4.69) is 10.3 Å². The van der Waals surface area contributed by atoms with E-state index >= 15 is 0 Å². The zero-order valence-electron chi connectivity index (χ0n) is 8.93. The summed E-state index contributed by atoms with van der Waals surface area (Å²) in [6, 6.07) is -1.17. The fraction of sp³-hybridized carbons (Fsp3) is 0.444. The van der Waals surface area contributed by atoms with Gasteiger partial charge < -0.3 is 16.2 Å². The molecule has 0 radical (unpaired) electrons. The first-order valence-corrected chi connectivity index (χ1v) is 5.54. The van der Waals surface area contributed by atoms with E-state index in [9.17, 15) is 9.59 Å². The molecule has 0 aliphatic heterocycles. The van der Waals surface area contributed by atoms with Gasteiger partial charge in [0.1, 0.15) is 16.7 Å². The van der Waals surface area contributed by atoms with E-state index in [4.69, 9.17) is 10.8 Å². The summed E-state index contributed by atoms with van der Waals surface area (Å²) in [7, 11) is 0. The van der Waals surface area contributed by atoms with Crippen LogP contribution in [-0.2, 0) is 4.79 Å². The van der Waals surface area contributed by atoms with Gasteiger partial charge >= 0.3 is 5.97 Å². The van der Waals surface area contributed by atoms with Crippen molar-refractivity contribution in [2.24, 2.45) is 5.73 Å². The molecule has 1 aromatic heterocycles. The lowest BCUT2D eigenvalue weighted by atomic mass is 10.3. The molecule has 1 aromatic rings. The summed E-state index contributed by atoms with van der Waals surface area (Å²) in [4.78, 5) is 26.1. The summed E-state index contributed by atoms with van der Waals surface area (Å²) in [5.41, 5.74) is 5.80. The van der Waals surface area contributed by atoms with Crippen molar-refractivity contribution >= 4 is 23.2 Å². The third kappa shape index (κ3) is 3.01. The van der Waals surface area contributed by atoms with Crippen molar-refractivity contribution in [1.82, 2.24) is 10.3 Å². The fourth-order valence-electron chi connectivity index (χ4n) is 0.933. The molecular weight excluding hydrogens is 230 g/mol. The van der Waals surface area contributed by atoms with Crippen LogP contribution in [0.15, 0.2) is 5.38 Å². The van der Waals surface area contributed by atoms with Gasteiger partial charge in [0.25, 0.3) is 5.91 Å².